The predicted octanol–water partition coefficient (Wildman–Crippen LogP) is 1.94. The molecule has 19 heavy (non-hydrogen) atoms. The van der Waals surface area contributed by atoms with Crippen molar-refractivity contribution in [2.75, 3.05) is 0 Å². The van der Waals surface area contributed by atoms with Gasteiger partial charge in [-0.15, -0.1) is 0 Å². The van der Waals surface area contributed by atoms with Crippen LogP contribution in [0.4, 0.5) is 0 Å². The van der Waals surface area contributed by atoms with Gasteiger partial charge in [-0.2, -0.15) is 0 Å². The Kier molecular flexibility index (Phi) is 3.94. The summed E-state index contributed by atoms with van der Waals surface area (Å²) >= 11 is 0. The molecule has 100 valence electrons. The largest absolute Gasteiger partial charge is 0.342 e. The predicted molar refractivity (Wildman–Crippen MR) is 72.5 cm³/mol. The van der Waals surface area contributed by atoms with Crippen LogP contribution in [-0.2, 0) is 7.05 Å². The van der Waals surface area contributed by atoms with Crippen molar-refractivity contribution >= 4 is 5.91 Å². The van der Waals surface area contributed by atoms with Crippen LogP contribution in [0, 0.1) is 5.92 Å². The highest BCUT2D eigenvalue weighted by atomic mass is 16.2. The summed E-state index contributed by atoms with van der Waals surface area (Å²) in [6.45, 7) is 4.12. The number of nitrogens with zero attached hydrogens (tertiary/aromatic N) is 3. The van der Waals surface area contributed by atoms with Gasteiger partial charge >= 0.3 is 0 Å². The molecule has 2 rings (SSSR count). The fourth-order valence-electron chi connectivity index (χ4n) is 1.93. The van der Waals surface area contributed by atoms with Crippen LogP contribution in [0.5, 0.6) is 0 Å². The molecular formula is C14H18N4O. The van der Waals surface area contributed by atoms with E-state index in [0.29, 0.717) is 5.69 Å². The van der Waals surface area contributed by atoms with E-state index in [-0.39, 0.29) is 17.9 Å². The molecule has 5 nitrogen and oxygen atoms in total. The maximum absolute atomic E-state index is 12.2. The van der Waals surface area contributed by atoms with Crippen LogP contribution in [0.1, 0.15) is 36.1 Å². The fraction of sp³-hybridized carbons (Fsp3) is 0.357. The van der Waals surface area contributed by atoms with Gasteiger partial charge in [-0.1, -0.05) is 19.9 Å². The summed E-state index contributed by atoms with van der Waals surface area (Å²) in [4.78, 5) is 20.5. The van der Waals surface area contributed by atoms with Gasteiger partial charge in [-0.3, -0.25) is 9.78 Å². The van der Waals surface area contributed by atoms with Gasteiger partial charge in [0, 0.05) is 13.2 Å². The number of aromatic nitrogens is 3. The molecule has 2 heterocycles. The summed E-state index contributed by atoms with van der Waals surface area (Å²) in [5.74, 6) is 0.122. The molecule has 0 radical (unpaired) electrons. The monoisotopic (exact) mass is 258 g/mol. The van der Waals surface area contributed by atoms with Crippen LogP contribution in [0.25, 0.3) is 0 Å². The highest BCUT2D eigenvalue weighted by Gasteiger charge is 2.21. The molecule has 0 aliphatic rings. The van der Waals surface area contributed by atoms with Gasteiger partial charge in [-0.05, 0) is 18.1 Å². The molecule has 1 amide bonds. The Morgan fingerprint density at radius 1 is 1.37 bits per heavy atom. The second kappa shape index (κ2) is 5.65. The van der Waals surface area contributed by atoms with Crippen LogP contribution in [0.2, 0.25) is 0 Å². The zero-order valence-corrected chi connectivity index (χ0v) is 11.4. The normalized spacial score (nSPS) is 12.4. The Labute approximate surface area is 112 Å². The van der Waals surface area contributed by atoms with Crippen molar-refractivity contribution in [3.63, 3.8) is 0 Å². The first-order valence-electron chi connectivity index (χ1n) is 6.27. The fourth-order valence-corrected chi connectivity index (χ4v) is 1.93. The lowest BCUT2D eigenvalue weighted by atomic mass is 10.00. The van der Waals surface area contributed by atoms with Crippen LogP contribution in [0.3, 0.4) is 0 Å². The van der Waals surface area contributed by atoms with Gasteiger partial charge in [0.1, 0.15) is 5.69 Å². The molecule has 0 spiro atoms. The number of amides is 1. The summed E-state index contributed by atoms with van der Waals surface area (Å²) < 4.78 is 1.70. The second-order valence-electron chi connectivity index (χ2n) is 4.84. The number of hydrogen-bond donors (Lipinski definition) is 1. The summed E-state index contributed by atoms with van der Waals surface area (Å²) in [7, 11) is 1.80. The number of carbonyl (C=O) groups is 1. The smallest absolute Gasteiger partial charge is 0.270 e. The van der Waals surface area contributed by atoms with Crippen LogP contribution in [0.15, 0.2) is 36.9 Å². The molecular weight excluding hydrogens is 240 g/mol. The summed E-state index contributed by atoms with van der Waals surface area (Å²) in [5.41, 5.74) is 1.41. The molecule has 1 unspecified atom stereocenters. The van der Waals surface area contributed by atoms with E-state index in [1.807, 2.05) is 18.2 Å². The zero-order valence-electron chi connectivity index (χ0n) is 11.4. The molecule has 0 fully saturated rings. The first-order chi connectivity index (χ1) is 9.09. The average Bonchev–Trinajstić information content (AvgIpc) is 2.82. The van der Waals surface area contributed by atoms with E-state index in [2.05, 4.69) is 29.1 Å². The SMILES string of the molecule is CC(C)C(NC(=O)c1cncn1C)c1ccccn1. The van der Waals surface area contributed by atoms with E-state index in [9.17, 15) is 4.79 Å². The number of rotatable bonds is 4. The molecule has 2 aromatic rings. The molecule has 0 bridgehead atoms. The molecule has 2 aromatic heterocycles. The van der Waals surface area contributed by atoms with E-state index in [1.165, 1.54) is 0 Å². The Hall–Kier alpha value is -2.17. The molecule has 0 aliphatic heterocycles. The molecule has 0 aliphatic carbocycles. The van der Waals surface area contributed by atoms with E-state index < -0.39 is 0 Å². The topological polar surface area (TPSA) is 59.8 Å². The minimum Gasteiger partial charge on any atom is -0.342 e. The number of aryl methyl sites for hydroxylation is 1. The third-order valence-corrected chi connectivity index (χ3v) is 3.01. The molecule has 5 heteroatoms. The van der Waals surface area contributed by atoms with Crippen molar-refractivity contribution in [1.82, 2.24) is 19.9 Å². The Balaban J connectivity index is 2.19. The molecule has 1 N–H and O–H groups in total. The Morgan fingerprint density at radius 2 is 2.16 bits per heavy atom. The van der Waals surface area contributed by atoms with Crippen molar-refractivity contribution in [1.29, 1.82) is 0 Å². The lowest BCUT2D eigenvalue weighted by Gasteiger charge is -2.21. The third kappa shape index (κ3) is 2.99. The number of nitrogens with one attached hydrogen (secondary N) is 1. The lowest BCUT2D eigenvalue weighted by molar-refractivity contribution is 0.0916. The van der Waals surface area contributed by atoms with Crippen LogP contribution in [-0.4, -0.2) is 20.4 Å². The summed E-state index contributed by atoms with van der Waals surface area (Å²) in [6, 6.07) is 5.61. The zero-order chi connectivity index (χ0) is 13.8. The molecule has 1 atom stereocenters. The van der Waals surface area contributed by atoms with E-state index >= 15 is 0 Å². The van der Waals surface area contributed by atoms with Gasteiger partial charge in [0.25, 0.3) is 5.91 Å². The quantitative estimate of drug-likeness (QED) is 0.911. The first-order valence-corrected chi connectivity index (χ1v) is 6.27. The highest BCUT2D eigenvalue weighted by molar-refractivity contribution is 5.92. The van der Waals surface area contributed by atoms with E-state index in [1.54, 1.807) is 30.3 Å². The first kappa shape index (κ1) is 13.3. The highest BCUT2D eigenvalue weighted by Crippen LogP contribution is 2.19. The van der Waals surface area contributed by atoms with Gasteiger partial charge in [0.05, 0.1) is 24.3 Å². The second-order valence-corrected chi connectivity index (χ2v) is 4.84. The van der Waals surface area contributed by atoms with Gasteiger partial charge in [0.15, 0.2) is 0 Å². The lowest BCUT2D eigenvalue weighted by Crippen LogP contribution is -2.33. The van der Waals surface area contributed by atoms with E-state index in [0.717, 1.165) is 5.69 Å². The Morgan fingerprint density at radius 3 is 2.68 bits per heavy atom. The number of imidazole rings is 1. The average molecular weight is 258 g/mol. The molecule has 0 saturated heterocycles. The van der Waals surface area contributed by atoms with Crippen LogP contribution < -0.4 is 5.32 Å². The third-order valence-electron chi connectivity index (χ3n) is 3.01. The van der Waals surface area contributed by atoms with Crippen molar-refractivity contribution in [3.8, 4) is 0 Å². The van der Waals surface area contributed by atoms with Gasteiger partial charge in [0.2, 0.25) is 0 Å². The molecule has 0 saturated carbocycles. The maximum Gasteiger partial charge on any atom is 0.270 e. The van der Waals surface area contributed by atoms with Crippen molar-refractivity contribution in [3.05, 3.63) is 48.3 Å². The minimum atomic E-state index is -0.135. The van der Waals surface area contributed by atoms with Crippen molar-refractivity contribution < 1.29 is 4.79 Å². The minimum absolute atomic E-state index is 0.108. The standard InChI is InChI=1S/C14H18N4O/c1-10(2)13(11-6-4-5-7-16-11)17-14(19)12-8-15-9-18(12)3/h4-10,13H,1-3H3,(H,17,19). The number of hydrogen-bond acceptors (Lipinski definition) is 3. The van der Waals surface area contributed by atoms with Gasteiger partial charge < -0.3 is 9.88 Å². The van der Waals surface area contributed by atoms with Gasteiger partial charge in [-0.25, -0.2) is 4.98 Å². The van der Waals surface area contributed by atoms with Crippen molar-refractivity contribution in [2.45, 2.75) is 19.9 Å². The molecule has 0 aromatic carbocycles. The van der Waals surface area contributed by atoms with Crippen LogP contribution >= 0.6 is 0 Å². The van der Waals surface area contributed by atoms with Crippen molar-refractivity contribution in [2.24, 2.45) is 13.0 Å². The van der Waals surface area contributed by atoms with E-state index in [4.69, 9.17) is 0 Å². The summed E-state index contributed by atoms with van der Waals surface area (Å²) in [6.07, 6.45) is 4.91. The summed E-state index contributed by atoms with van der Waals surface area (Å²) in [5, 5.41) is 3.01. The number of carbonyl (C=O) groups excluding carboxylic acids is 1. The Bertz CT molecular complexity index is 548. The maximum atomic E-state index is 12.2. The number of pyridine rings is 1.